The molecule has 29 heavy (non-hydrogen) atoms. The zero-order valence-electron chi connectivity index (χ0n) is 15.4. The summed E-state index contributed by atoms with van der Waals surface area (Å²) in [6.07, 6.45) is 0. The van der Waals surface area contributed by atoms with Gasteiger partial charge in [-0.3, -0.25) is 9.52 Å². The topological polar surface area (TPSA) is 108 Å². The van der Waals surface area contributed by atoms with E-state index >= 15 is 0 Å². The Labute approximate surface area is 168 Å². The molecule has 7 nitrogen and oxygen atoms in total. The van der Waals surface area contributed by atoms with Gasteiger partial charge in [0.05, 0.1) is 23.6 Å². The van der Waals surface area contributed by atoms with Crippen LogP contribution >= 0.6 is 0 Å². The molecule has 3 rings (SSSR count). The van der Waals surface area contributed by atoms with E-state index in [0.717, 1.165) is 0 Å². The predicted molar refractivity (Wildman–Crippen MR) is 109 cm³/mol. The minimum absolute atomic E-state index is 0.00551. The molecule has 3 aromatic rings. The number of anilines is 2. The number of methoxy groups -OCH3 is 1. The summed E-state index contributed by atoms with van der Waals surface area (Å²) in [5, 5.41) is 11.5. The van der Waals surface area contributed by atoms with Gasteiger partial charge in [-0.25, -0.2) is 8.42 Å². The predicted octanol–water partition coefficient (Wildman–Crippen LogP) is 3.62. The summed E-state index contributed by atoms with van der Waals surface area (Å²) in [4.78, 5) is 12.4. The van der Waals surface area contributed by atoms with Crippen LogP contribution in [0.1, 0.15) is 15.9 Å². The highest BCUT2D eigenvalue weighted by Gasteiger charge is 2.16. The van der Waals surface area contributed by atoms with Crippen molar-refractivity contribution in [3.8, 4) is 11.8 Å². The Kier molecular flexibility index (Phi) is 5.81. The fourth-order valence-electron chi connectivity index (χ4n) is 2.51. The molecule has 0 unspecified atom stereocenters. The normalized spacial score (nSPS) is 10.6. The first-order valence-electron chi connectivity index (χ1n) is 8.50. The van der Waals surface area contributed by atoms with Crippen molar-refractivity contribution >= 4 is 27.3 Å². The van der Waals surface area contributed by atoms with Gasteiger partial charge in [0.1, 0.15) is 5.75 Å². The lowest BCUT2D eigenvalue weighted by atomic mass is 10.1. The standard InChI is InChI=1S/C21H17N3O4S/c1-28-19-11-9-17(10-12-19)24-29(26,27)20-4-2-3-18(13-20)23-21(25)16-7-5-15(14-22)6-8-16/h2-13,24H,1H3,(H,23,25). The van der Waals surface area contributed by atoms with Crippen molar-refractivity contribution in [3.05, 3.63) is 83.9 Å². The molecule has 3 aromatic carbocycles. The van der Waals surface area contributed by atoms with E-state index in [1.165, 1.54) is 49.6 Å². The molecule has 0 saturated carbocycles. The highest BCUT2D eigenvalue weighted by Crippen LogP contribution is 2.21. The molecule has 0 fully saturated rings. The third-order valence-corrected chi connectivity index (χ3v) is 5.40. The summed E-state index contributed by atoms with van der Waals surface area (Å²) in [7, 11) is -2.32. The molecule has 8 heteroatoms. The van der Waals surface area contributed by atoms with Crippen molar-refractivity contribution < 1.29 is 17.9 Å². The smallest absolute Gasteiger partial charge is 0.261 e. The van der Waals surface area contributed by atoms with Crippen LogP contribution in [-0.4, -0.2) is 21.4 Å². The summed E-state index contributed by atoms with van der Waals surface area (Å²) < 4.78 is 32.8. The van der Waals surface area contributed by atoms with Crippen molar-refractivity contribution in [1.29, 1.82) is 5.26 Å². The number of carbonyl (C=O) groups excluding carboxylic acids is 1. The van der Waals surface area contributed by atoms with Gasteiger partial charge in [-0.1, -0.05) is 6.07 Å². The Balaban J connectivity index is 1.76. The number of benzene rings is 3. The molecule has 1 amide bonds. The Morgan fingerprint density at radius 2 is 1.66 bits per heavy atom. The Morgan fingerprint density at radius 3 is 2.28 bits per heavy atom. The molecule has 0 atom stereocenters. The average molecular weight is 407 g/mol. The van der Waals surface area contributed by atoms with E-state index in [-0.39, 0.29) is 4.90 Å². The van der Waals surface area contributed by atoms with Crippen LogP contribution in [0.3, 0.4) is 0 Å². The van der Waals surface area contributed by atoms with Gasteiger partial charge in [0.2, 0.25) is 0 Å². The third-order valence-electron chi connectivity index (χ3n) is 4.02. The first-order valence-corrected chi connectivity index (χ1v) is 9.98. The number of nitrogens with one attached hydrogen (secondary N) is 2. The van der Waals surface area contributed by atoms with Crippen molar-refractivity contribution in [2.24, 2.45) is 0 Å². The number of amides is 1. The zero-order valence-corrected chi connectivity index (χ0v) is 16.2. The van der Waals surface area contributed by atoms with Crippen LogP contribution in [0.2, 0.25) is 0 Å². The van der Waals surface area contributed by atoms with Gasteiger partial charge in [-0.2, -0.15) is 5.26 Å². The molecule has 0 aromatic heterocycles. The van der Waals surface area contributed by atoms with Crippen LogP contribution < -0.4 is 14.8 Å². The SMILES string of the molecule is COc1ccc(NS(=O)(=O)c2cccc(NC(=O)c3ccc(C#N)cc3)c2)cc1. The second kappa shape index (κ2) is 8.46. The quantitative estimate of drug-likeness (QED) is 0.649. The van der Waals surface area contributed by atoms with Crippen LogP contribution in [0.5, 0.6) is 5.75 Å². The number of hydrogen-bond donors (Lipinski definition) is 2. The maximum atomic E-state index is 12.6. The zero-order chi connectivity index (χ0) is 20.9. The molecule has 0 bridgehead atoms. The average Bonchev–Trinajstić information content (AvgIpc) is 2.74. The van der Waals surface area contributed by atoms with Crippen molar-refractivity contribution in [1.82, 2.24) is 0 Å². The Hall–Kier alpha value is -3.83. The number of rotatable bonds is 6. The fourth-order valence-corrected chi connectivity index (χ4v) is 3.62. The van der Waals surface area contributed by atoms with E-state index in [2.05, 4.69) is 10.0 Å². The van der Waals surface area contributed by atoms with Gasteiger partial charge < -0.3 is 10.1 Å². The van der Waals surface area contributed by atoms with Crippen LogP contribution in [0.15, 0.2) is 77.7 Å². The summed E-state index contributed by atoms with van der Waals surface area (Å²) >= 11 is 0. The number of nitrogens with zero attached hydrogens (tertiary/aromatic N) is 1. The van der Waals surface area contributed by atoms with Gasteiger partial charge >= 0.3 is 0 Å². The molecule has 0 aliphatic heterocycles. The van der Waals surface area contributed by atoms with Crippen LogP contribution in [0.25, 0.3) is 0 Å². The fraction of sp³-hybridized carbons (Fsp3) is 0.0476. The van der Waals surface area contributed by atoms with E-state index in [1.54, 1.807) is 30.3 Å². The molecule has 0 spiro atoms. The number of nitriles is 1. The second-order valence-electron chi connectivity index (χ2n) is 6.01. The minimum atomic E-state index is -3.84. The number of carbonyl (C=O) groups is 1. The van der Waals surface area contributed by atoms with Crippen molar-refractivity contribution in [2.75, 3.05) is 17.1 Å². The first-order chi connectivity index (χ1) is 13.9. The van der Waals surface area contributed by atoms with Gasteiger partial charge in [0.15, 0.2) is 0 Å². The van der Waals surface area contributed by atoms with E-state index in [9.17, 15) is 13.2 Å². The van der Waals surface area contributed by atoms with Crippen LogP contribution in [0, 0.1) is 11.3 Å². The largest absolute Gasteiger partial charge is 0.497 e. The Bertz CT molecular complexity index is 1170. The van der Waals surface area contributed by atoms with Crippen LogP contribution in [0.4, 0.5) is 11.4 Å². The lowest BCUT2D eigenvalue weighted by molar-refractivity contribution is 0.102. The van der Waals surface area contributed by atoms with E-state index in [1.807, 2.05) is 6.07 Å². The molecule has 0 radical (unpaired) electrons. The number of sulfonamides is 1. The maximum absolute atomic E-state index is 12.6. The summed E-state index contributed by atoms with van der Waals surface area (Å²) in [5.41, 5.74) is 1.52. The van der Waals surface area contributed by atoms with Gasteiger partial charge in [-0.15, -0.1) is 0 Å². The van der Waals surface area contributed by atoms with Crippen molar-refractivity contribution in [3.63, 3.8) is 0 Å². The number of ether oxygens (including phenoxy) is 1. The lowest BCUT2D eigenvalue weighted by Crippen LogP contribution is -2.15. The van der Waals surface area contributed by atoms with Crippen LogP contribution in [-0.2, 0) is 10.0 Å². The molecule has 0 aliphatic rings. The molecule has 2 N–H and O–H groups in total. The summed E-state index contributed by atoms with van der Waals surface area (Å²) in [6, 6.07) is 20.5. The Morgan fingerprint density at radius 1 is 0.966 bits per heavy atom. The van der Waals surface area contributed by atoms with Crippen molar-refractivity contribution in [2.45, 2.75) is 4.90 Å². The lowest BCUT2D eigenvalue weighted by Gasteiger charge is -2.11. The van der Waals surface area contributed by atoms with E-state index < -0.39 is 15.9 Å². The number of hydrogen-bond acceptors (Lipinski definition) is 5. The minimum Gasteiger partial charge on any atom is -0.497 e. The molecule has 0 aliphatic carbocycles. The molecule has 0 heterocycles. The van der Waals surface area contributed by atoms with E-state index in [4.69, 9.17) is 10.00 Å². The monoisotopic (exact) mass is 407 g/mol. The summed E-state index contributed by atoms with van der Waals surface area (Å²) in [5.74, 6) is 0.201. The van der Waals surface area contributed by atoms with E-state index in [0.29, 0.717) is 28.3 Å². The first kappa shape index (κ1) is 19.9. The third kappa shape index (κ3) is 4.91. The highest BCUT2D eigenvalue weighted by atomic mass is 32.2. The molecular weight excluding hydrogens is 390 g/mol. The molecule has 146 valence electrons. The highest BCUT2D eigenvalue weighted by molar-refractivity contribution is 7.92. The second-order valence-corrected chi connectivity index (χ2v) is 7.69. The van der Waals surface area contributed by atoms with Gasteiger partial charge in [-0.05, 0) is 66.7 Å². The summed E-state index contributed by atoms with van der Waals surface area (Å²) in [6.45, 7) is 0. The maximum Gasteiger partial charge on any atom is 0.261 e. The van der Waals surface area contributed by atoms with Gasteiger partial charge in [0.25, 0.3) is 15.9 Å². The molecule has 0 saturated heterocycles. The van der Waals surface area contributed by atoms with Gasteiger partial charge in [0, 0.05) is 16.9 Å². The molecular formula is C21H17N3O4S.